The molecular formula is C11H13N5O2. The van der Waals surface area contributed by atoms with Crippen LogP contribution < -0.4 is 10.9 Å². The summed E-state index contributed by atoms with van der Waals surface area (Å²) in [5, 5.41) is 3.06. The molecule has 0 amide bonds. The summed E-state index contributed by atoms with van der Waals surface area (Å²) in [6, 6.07) is 0. The monoisotopic (exact) mass is 247 g/mol. The van der Waals surface area contributed by atoms with E-state index in [4.69, 9.17) is 4.74 Å². The Morgan fingerprint density at radius 2 is 2.33 bits per heavy atom. The van der Waals surface area contributed by atoms with Crippen molar-refractivity contribution in [1.82, 2.24) is 19.9 Å². The molecule has 0 aromatic carbocycles. The molecule has 3 rings (SSSR count). The summed E-state index contributed by atoms with van der Waals surface area (Å²) >= 11 is 0. The van der Waals surface area contributed by atoms with Crippen LogP contribution in [0.25, 0.3) is 11.2 Å². The molecule has 1 saturated heterocycles. The normalized spacial score (nSPS) is 19.2. The highest BCUT2D eigenvalue weighted by molar-refractivity contribution is 5.68. The number of rotatable bonds is 3. The highest BCUT2D eigenvalue weighted by Crippen LogP contribution is 2.12. The van der Waals surface area contributed by atoms with Crippen LogP contribution in [0.5, 0.6) is 0 Å². The summed E-state index contributed by atoms with van der Waals surface area (Å²) in [5.74, 6) is 0.406. The fraction of sp³-hybridized carbons (Fsp3) is 0.455. The van der Waals surface area contributed by atoms with E-state index in [2.05, 4.69) is 25.3 Å². The lowest BCUT2D eigenvalue weighted by atomic mass is 10.2. The Labute approximate surface area is 103 Å². The zero-order valence-electron chi connectivity index (χ0n) is 9.72. The summed E-state index contributed by atoms with van der Waals surface area (Å²) in [4.78, 5) is 26.5. The largest absolute Gasteiger partial charge is 0.376 e. The first kappa shape index (κ1) is 11.1. The van der Waals surface area contributed by atoms with Crippen molar-refractivity contribution in [2.24, 2.45) is 0 Å². The van der Waals surface area contributed by atoms with Crippen molar-refractivity contribution in [3.8, 4) is 0 Å². The van der Waals surface area contributed by atoms with Crippen molar-refractivity contribution < 1.29 is 4.74 Å². The average Bonchev–Trinajstić information content (AvgIpc) is 2.90. The van der Waals surface area contributed by atoms with Crippen molar-refractivity contribution >= 4 is 17.1 Å². The SMILES string of the molecule is O=c1[nH]c(NCC2CCCO2)nc2nccnc12. The van der Waals surface area contributed by atoms with Gasteiger partial charge in [-0.3, -0.25) is 9.78 Å². The first-order chi connectivity index (χ1) is 8.83. The van der Waals surface area contributed by atoms with E-state index in [9.17, 15) is 4.79 Å². The van der Waals surface area contributed by atoms with Crippen molar-refractivity contribution in [3.05, 3.63) is 22.7 Å². The second-order valence-corrected chi connectivity index (χ2v) is 4.16. The van der Waals surface area contributed by atoms with E-state index >= 15 is 0 Å². The van der Waals surface area contributed by atoms with E-state index in [0.717, 1.165) is 19.4 Å². The van der Waals surface area contributed by atoms with Gasteiger partial charge in [0.15, 0.2) is 11.2 Å². The number of aromatic nitrogens is 4. The smallest absolute Gasteiger partial charge is 0.280 e. The minimum atomic E-state index is -0.289. The van der Waals surface area contributed by atoms with Gasteiger partial charge in [0, 0.05) is 25.5 Å². The van der Waals surface area contributed by atoms with Crippen LogP contribution in [0.1, 0.15) is 12.8 Å². The highest BCUT2D eigenvalue weighted by Gasteiger charge is 2.15. The van der Waals surface area contributed by atoms with Gasteiger partial charge in [-0.1, -0.05) is 0 Å². The van der Waals surface area contributed by atoms with Gasteiger partial charge in [0.2, 0.25) is 5.95 Å². The van der Waals surface area contributed by atoms with Gasteiger partial charge in [-0.2, -0.15) is 4.98 Å². The molecule has 1 aliphatic rings. The van der Waals surface area contributed by atoms with Crippen LogP contribution in [-0.4, -0.2) is 39.2 Å². The van der Waals surface area contributed by atoms with E-state index in [-0.39, 0.29) is 17.2 Å². The molecule has 2 aromatic heterocycles. The van der Waals surface area contributed by atoms with E-state index in [1.807, 2.05) is 0 Å². The Morgan fingerprint density at radius 1 is 1.44 bits per heavy atom. The first-order valence-electron chi connectivity index (χ1n) is 5.89. The van der Waals surface area contributed by atoms with Gasteiger partial charge in [0.1, 0.15) is 0 Å². The first-order valence-corrected chi connectivity index (χ1v) is 5.89. The van der Waals surface area contributed by atoms with Crippen LogP contribution in [-0.2, 0) is 4.74 Å². The molecule has 1 atom stereocenters. The number of nitrogens with zero attached hydrogens (tertiary/aromatic N) is 3. The summed E-state index contributed by atoms with van der Waals surface area (Å²) in [7, 11) is 0. The van der Waals surface area contributed by atoms with Crippen LogP contribution in [0, 0.1) is 0 Å². The second-order valence-electron chi connectivity index (χ2n) is 4.16. The molecule has 7 nitrogen and oxygen atoms in total. The molecule has 0 radical (unpaired) electrons. The molecule has 3 heterocycles. The van der Waals surface area contributed by atoms with Crippen LogP contribution in [0.3, 0.4) is 0 Å². The number of ether oxygens (including phenoxy) is 1. The molecule has 0 saturated carbocycles. The van der Waals surface area contributed by atoms with Gasteiger partial charge in [-0.15, -0.1) is 0 Å². The molecule has 1 aliphatic heterocycles. The molecular weight excluding hydrogens is 234 g/mol. The molecule has 0 spiro atoms. The molecule has 94 valence electrons. The van der Waals surface area contributed by atoms with Gasteiger partial charge >= 0.3 is 0 Å². The third-order valence-corrected chi connectivity index (χ3v) is 2.86. The Bertz CT molecular complexity index is 606. The Balaban J connectivity index is 1.81. The number of hydrogen-bond donors (Lipinski definition) is 2. The van der Waals surface area contributed by atoms with Gasteiger partial charge in [-0.05, 0) is 12.8 Å². The Hall–Kier alpha value is -2.02. The van der Waals surface area contributed by atoms with E-state index in [0.29, 0.717) is 18.1 Å². The second kappa shape index (κ2) is 4.69. The summed E-state index contributed by atoms with van der Waals surface area (Å²) < 4.78 is 5.48. The lowest BCUT2D eigenvalue weighted by Crippen LogP contribution is -2.22. The maximum absolute atomic E-state index is 11.7. The molecule has 7 heteroatoms. The standard InChI is InChI=1S/C11H13N5O2/c17-10-8-9(13-4-3-12-8)15-11(16-10)14-6-7-2-1-5-18-7/h3-4,7H,1-2,5-6H2,(H2,13,14,15,16,17). The quantitative estimate of drug-likeness (QED) is 0.810. The number of anilines is 1. The van der Waals surface area contributed by atoms with Crippen molar-refractivity contribution in [2.45, 2.75) is 18.9 Å². The van der Waals surface area contributed by atoms with E-state index < -0.39 is 0 Å². The van der Waals surface area contributed by atoms with Crippen LogP contribution in [0.2, 0.25) is 0 Å². The van der Waals surface area contributed by atoms with Crippen molar-refractivity contribution in [1.29, 1.82) is 0 Å². The minimum Gasteiger partial charge on any atom is -0.376 e. The van der Waals surface area contributed by atoms with Crippen LogP contribution >= 0.6 is 0 Å². The Morgan fingerprint density at radius 3 is 3.17 bits per heavy atom. The van der Waals surface area contributed by atoms with Gasteiger partial charge in [0.25, 0.3) is 5.56 Å². The Kier molecular flexibility index (Phi) is 2.89. The van der Waals surface area contributed by atoms with Crippen molar-refractivity contribution in [2.75, 3.05) is 18.5 Å². The minimum absolute atomic E-state index is 0.188. The number of fused-ring (bicyclic) bond motifs is 1. The predicted octanol–water partition coefficient (Wildman–Crippen LogP) is 0.304. The predicted molar refractivity (Wildman–Crippen MR) is 65.4 cm³/mol. The lowest BCUT2D eigenvalue weighted by Gasteiger charge is -2.10. The molecule has 18 heavy (non-hydrogen) atoms. The van der Waals surface area contributed by atoms with Gasteiger partial charge in [-0.25, -0.2) is 9.97 Å². The average molecular weight is 247 g/mol. The summed E-state index contributed by atoms with van der Waals surface area (Å²) in [5.41, 5.74) is 0.305. The number of H-pyrrole nitrogens is 1. The summed E-state index contributed by atoms with van der Waals surface area (Å²) in [6.45, 7) is 1.44. The van der Waals surface area contributed by atoms with E-state index in [1.165, 1.54) is 12.4 Å². The number of hydrogen-bond acceptors (Lipinski definition) is 6. The topological polar surface area (TPSA) is 92.8 Å². The highest BCUT2D eigenvalue weighted by atomic mass is 16.5. The number of aromatic amines is 1. The van der Waals surface area contributed by atoms with Crippen LogP contribution in [0.15, 0.2) is 17.2 Å². The van der Waals surface area contributed by atoms with Gasteiger partial charge in [0.05, 0.1) is 6.10 Å². The molecule has 2 N–H and O–H groups in total. The molecule has 0 aliphatic carbocycles. The van der Waals surface area contributed by atoms with Gasteiger partial charge < -0.3 is 10.1 Å². The maximum atomic E-state index is 11.7. The zero-order chi connectivity index (χ0) is 12.4. The third kappa shape index (κ3) is 2.17. The molecule has 1 fully saturated rings. The van der Waals surface area contributed by atoms with Crippen LogP contribution in [0.4, 0.5) is 5.95 Å². The lowest BCUT2D eigenvalue weighted by molar-refractivity contribution is 0.120. The molecule has 1 unspecified atom stereocenters. The molecule has 2 aromatic rings. The maximum Gasteiger partial charge on any atom is 0.280 e. The fourth-order valence-electron chi connectivity index (χ4n) is 1.97. The van der Waals surface area contributed by atoms with Crippen molar-refractivity contribution in [3.63, 3.8) is 0 Å². The van der Waals surface area contributed by atoms with E-state index in [1.54, 1.807) is 0 Å². The fourth-order valence-corrected chi connectivity index (χ4v) is 1.97. The zero-order valence-corrected chi connectivity index (χ0v) is 9.72. The third-order valence-electron chi connectivity index (χ3n) is 2.86. The molecule has 0 bridgehead atoms. The number of nitrogens with one attached hydrogen (secondary N) is 2. The summed E-state index contributed by atoms with van der Waals surface area (Å²) in [6.07, 6.45) is 5.29.